The molecule has 0 amide bonds. The average Bonchev–Trinajstić information content (AvgIpc) is 3.39. The van der Waals surface area contributed by atoms with Crippen molar-refractivity contribution in [3.05, 3.63) is 72.5 Å². The zero-order valence-corrected chi connectivity index (χ0v) is 15.5. The number of thioether (sulfide) groups is 1. The molecular weight excluding hydrogens is 360 g/mol. The van der Waals surface area contributed by atoms with Gasteiger partial charge in [0.15, 0.2) is 0 Å². The van der Waals surface area contributed by atoms with Crippen LogP contribution in [0.25, 0.3) is 22.7 Å². The van der Waals surface area contributed by atoms with Crippen LogP contribution in [0.5, 0.6) is 5.75 Å². The Morgan fingerprint density at radius 1 is 1.07 bits per heavy atom. The topological polar surface area (TPSA) is 87.8 Å². The molecule has 0 spiro atoms. The van der Waals surface area contributed by atoms with Gasteiger partial charge in [0.2, 0.25) is 11.8 Å². The second-order valence-corrected chi connectivity index (χ2v) is 7.26. The third-order valence-electron chi connectivity index (χ3n) is 4.16. The van der Waals surface area contributed by atoms with Crippen molar-refractivity contribution in [3.63, 3.8) is 0 Å². The van der Waals surface area contributed by atoms with Gasteiger partial charge in [-0.1, -0.05) is 37.3 Å². The van der Waals surface area contributed by atoms with Gasteiger partial charge in [0.1, 0.15) is 11.0 Å². The molecule has 2 heterocycles. The molecule has 0 aliphatic heterocycles. The number of nitrogens with zero attached hydrogens (tertiary/aromatic N) is 3. The van der Waals surface area contributed by atoms with Crippen LogP contribution < -0.4 is 0 Å². The van der Waals surface area contributed by atoms with E-state index < -0.39 is 0 Å². The predicted molar refractivity (Wildman–Crippen MR) is 105 cm³/mol. The molecule has 0 radical (unpaired) electrons. The third-order valence-corrected chi connectivity index (χ3v) is 5.28. The lowest BCUT2D eigenvalue weighted by Crippen LogP contribution is -1.98. The Bertz CT molecular complexity index is 1010. The van der Waals surface area contributed by atoms with E-state index in [-0.39, 0.29) is 11.0 Å². The molecule has 1 atom stereocenters. The van der Waals surface area contributed by atoms with E-state index >= 15 is 0 Å². The summed E-state index contributed by atoms with van der Waals surface area (Å²) in [6, 6.07) is 15.1. The van der Waals surface area contributed by atoms with E-state index in [4.69, 9.17) is 4.42 Å². The van der Waals surface area contributed by atoms with E-state index in [1.165, 1.54) is 0 Å². The summed E-state index contributed by atoms with van der Waals surface area (Å²) in [6.45, 7) is 2.06. The Morgan fingerprint density at radius 2 is 1.85 bits per heavy atom. The van der Waals surface area contributed by atoms with Gasteiger partial charge in [-0.15, -0.1) is 22.0 Å². The Kier molecular flexibility index (Phi) is 4.93. The number of aromatic nitrogens is 4. The first-order valence-corrected chi connectivity index (χ1v) is 9.63. The molecular formula is C20H18N4O2S. The number of para-hydroxylation sites is 1. The molecule has 4 aromatic rings. The van der Waals surface area contributed by atoms with Crippen molar-refractivity contribution >= 4 is 11.8 Å². The fraction of sp³-hybridized carbons (Fsp3) is 0.150. The van der Waals surface area contributed by atoms with Crippen molar-refractivity contribution in [3.8, 4) is 28.5 Å². The van der Waals surface area contributed by atoms with Crippen molar-refractivity contribution in [1.29, 1.82) is 0 Å². The zero-order chi connectivity index (χ0) is 18.6. The number of phenols is 1. The van der Waals surface area contributed by atoms with Gasteiger partial charge in [-0.2, -0.15) is 0 Å². The Hall–Kier alpha value is -3.06. The maximum atomic E-state index is 10.2. The van der Waals surface area contributed by atoms with Crippen LogP contribution >= 0.6 is 11.8 Å². The van der Waals surface area contributed by atoms with E-state index in [0.717, 1.165) is 28.1 Å². The van der Waals surface area contributed by atoms with Crippen LogP contribution in [-0.2, 0) is 0 Å². The second-order valence-electron chi connectivity index (χ2n) is 5.88. The minimum absolute atomic E-state index is 0.207. The van der Waals surface area contributed by atoms with Gasteiger partial charge in [0, 0.05) is 11.1 Å². The highest BCUT2D eigenvalue weighted by molar-refractivity contribution is 7.99. The van der Waals surface area contributed by atoms with Crippen LogP contribution in [0.15, 0.2) is 65.5 Å². The normalized spacial score (nSPS) is 12.2. The van der Waals surface area contributed by atoms with Crippen LogP contribution in [-0.4, -0.2) is 31.0 Å². The first-order valence-electron chi connectivity index (χ1n) is 8.58. The van der Waals surface area contributed by atoms with Crippen LogP contribution in [0, 0.1) is 0 Å². The number of nitrogens with one attached hydrogen (secondary N) is 1. The number of H-pyrrole nitrogens is 1. The fourth-order valence-corrected chi connectivity index (χ4v) is 3.78. The van der Waals surface area contributed by atoms with Crippen LogP contribution in [0.4, 0.5) is 0 Å². The van der Waals surface area contributed by atoms with Crippen molar-refractivity contribution in [1.82, 2.24) is 20.2 Å². The Morgan fingerprint density at radius 3 is 2.56 bits per heavy atom. The van der Waals surface area contributed by atoms with Gasteiger partial charge < -0.3 is 14.5 Å². The predicted octanol–water partition coefficient (Wildman–Crippen LogP) is 4.67. The molecule has 4 rings (SSSR count). The van der Waals surface area contributed by atoms with E-state index in [1.54, 1.807) is 36.4 Å². The van der Waals surface area contributed by atoms with Gasteiger partial charge in [-0.05, 0) is 29.5 Å². The van der Waals surface area contributed by atoms with Crippen LogP contribution in [0.1, 0.15) is 23.6 Å². The summed E-state index contributed by atoms with van der Waals surface area (Å²) in [5, 5.41) is 18.4. The summed E-state index contributed by atoms with van der Waals surface area (Å²) < 4.78 is 5.95. The molecule has 27 heavy (non-hydrogen) atoms. The second kappa shape index (κ2) is 7.67. The molecule has 0 saturated carbocycles. The SMILES string of the molecule is CCSC(c1nnc(-c2ccc(-c3cnc[nH]3)cc2)o1)c1ccccc1O. The van der Waals surface area contributed by atoms with Crippen LogP contribution in [0.3, 0.4) is 0 Å². The highest BCUT2D eigenvalue weighted by Gasteiger charge is 2.23. The Labute approximate surface area is 160 Å². The van der Waals surface area contributed by atoms with E-state index in [9.17, 15) is 5.11 Å². The molecule has 7 heteroatoms. The number of imidazole rings is 1. The molecule has 0 aliphatic carbocycles. The first-order chi connectivity index (χ1) is 13.3. The van der Waals surface area contributed by atoms with Gasteiger partial charge in [-0.3, -0.25) is 0 Å². The summed E-state index contributed by atoms with van der Waals surface area (Å²) in [5.41, 5.74) is 3.60. The molecule has 1 unspecified atom stereocenters. The average molecular weight is 378 g/mol. The van der Waals surface area contributed by atoms with E-state index in [0.29, 0.717) is 11.8 Å². The maximum absolute atomic E-state index is 10.2. The standard InChI is InChI=1S/C20H18N4O2S/c1-2-27-18(15-5-3-4-6-17(15)25)20-24-23-19(26-20)14-9-7-13(8-10-14)16-11-21-12-22-16/h3-12,18,25H,2H2,1H3,(H,21,22). The highest BCUT2D eigenvalue weighted by Crippen LogP contribution is 2.39. The lowest BCUT2D eigenvalue weighted by atomic mass is 10.1. The minimum atomic E-state index is -0.207. The number of hydrogen-bond donors (Lipinski definition) is 2. The number of rotatable bonds is 6. The summed E-state index contributed by atoms with van der Waals surface area (Å²) in [7, 11) is 0. The van der Waals surface area contributed by atoms with Gasteiger partial charge >= 0.3 is 0 Å². The molecule has 2 aromatic heterocycles. The molecule has 0 saturated heterocycles. The fourth-order valence-electron chi connectivity index (χ4n) is 2.83. The minimum Gasteiger partial charge on any atom is -0.508 e. The van der Waals surface area contributed by atoms with Gasteiger partial charge in [0.25, 0.3) is 0 Å². The van der Waals surface area contributed by atoms with Crippen molar-refractivity contribution < 1.29 is 9.52 Å². The highest BCUT2D eigenvalue weighted by atomic mass is 32.2. The summed E-state index contributed by atoms with van der Waals surface area (Å²) in [6.07, 6.45) is 3.43. The molecule has 2 N–H and O–H groups in total. The first kappa shape index (κ1) is 17.4. The molecule has 0 fully saturated rings. The Balaban J connectivity index is 1.63. The van der Waals surface area contributed by atoms with E-state index in [2.05, 4.69) is 27.1 Å². The molecule has 6 nitrogen and oxygen atoms in total. The summed E-state index contributed by atoms with van der Waals surface area (Å²) >= 11 is 1.64. The van der Waals surface area contributed by atoms with Gasteiger partial charge in [-0.25, -0.2) is 4.98 Å². The maximum Gasteiger partial charge on any atom is 0.247 e. The number of hydrogen-bond acceptors (Lipinski definition) is 6. The van der Waals surface area contributed by atoms with Gasteiger partial charge in [0.05, 0.1) is 18.2 Å². The lowest BCUT2D eigenvalue weighted by Gasteiger charge is -2.13. The molecule has 0 aliphatic rings. The molecule has 2 aromatic carbocycles. The third kappa shape index (κ3) is 3.59. The van der Waals surface area contributed by atoms with Crippen molar-refractivity contribution in [2.24, 2.45) is 0 Å². The quantitative estimate of drug-likeness (QED) is 0.507. The number of benzene rings is 2. The number of aromatic amines is 1. The number of aromatic hydroxyl groups is 1. The van der Waals surface area contributed by atoms with Crippen LogP contribution in [0.2, 0.25) is 0 Å². The monoisotopic (exact) mass is 378 g/mol. The lowest BCUT2D eigenvalue weighted by molar-refractivity contribution is 0.461. The van der Waals surface area contributed by atoms with Crippen molar-refractivity contribution in [2.75, 3.05) is 5.75 Å². The molecule has 136 valence electrons. The summed E-state index contributed by atoms with van der Waals surface area (Å²) in [4.78, 5) is 7.12. The molecule has 0 bridgehead atoms. The van der Waals surface area contributed by atoms with Crippen molar-refractivity contribution in [2.45, 2.75) is 12.2 Å². The zero-order valence-electron chi connectivity index (χ0n) is 14.7. The smallest absolute Gasteiger partial charge is 0.247 e. The summed E-state index contributed by atoms with van der Waals surface area (Å²) in [5.74, 6) is 2.02. The number of phenolic OH excluding ortho intramolecular Hbond substituents is 1. The van der Waals surface area contributed by atoms with E-state index in [1.807, 2.05) is 36.4 Å². The largest absolute Gasteiger partial charge is 0.508 e.